The summed E-state index contributed by atoms with van der Waals surface area (Å²) in [5, 5.41) is 0. The third-order valence-electron chi connectivity index (χ3n) is 1.52. The van der Waals surface area contributed by atoms with Gasteiger partial charge in [0.15, 0.2) is 5.76 Å². The Morgan fingerprint density at radius 3 is 3.00 bits per heavy atom. The predicted octanol–water partition coefficient (Wildman–Crippen LogP) is 1.92. The highest BCUT2D eigenvalue weighted by atomic mass is 127. The summed E-state index contributed by atoms with van der Waals surface area (Å²) in [4.78, 5) is 7.95. The maximum atomic E-state index is 5.47. The number of anilines is 1. The second-order valence-electron chi connectivity index (χ2n) is 2.40. The summed E-state index contributed by atoms with van der Waals surface area (Å²) in [5.74, 6) is 0.963. The Kier molecular flexibility index (Phi) is 2.17. The highest BCUT2D eigenvalue weighted by molar-refractivity contribution is 14.1. The standard InChI is InChI=1S/C8H6IN3O/c9-5-4-11-8(10)12-7(5)6-2-1-3-13-6/h1-4H,(H2,10,11,12). The predicted molar refractivity (Wildman–Crippen MR) is 56.9 cm³/mol. The van der Waals surface area contributed by atoms with E-state index in [1.165, 1.54) is 0 Å². The van der Waals surface area contributed by atoms with Gasteiger partial charge in [-0.1, -0.05) is 0 Å². The molecule has 0 amide bonds. The molecule has 13 heavy (non-hydrogen) atoms. The summed E-state index contributed by atoms with van der Waals surface area (Å²) in [7, 11) is 0. The number of halogens is 1. The summed E-state index contributed by atoms with van der Waals surface area (Å²) >= 11 is 2.14. The summed E-state index contributed by atoms with van der Waals surface area (Å²) < 4.78 is 6.12. The Labute approximate surface area is 88.3 Å². The van der Waals surface area contributed by atoms with Crippen LogP contribution in [0.25, 0.3) is 11.5 Å². The molecule has 0 aliphatic rings. The molecule has 66 valence electrons. The van der Waals surface area contributed by atoms with Crippen molar-refractivity contribution in [2.24, 2.45) is 0 Å². The minimum absolute atomic E-state index is 0.256. The lowest BCUT2D eigenvalue weighted by Crippen LogP contribution is -1.97. The van der Waals surface area contributed by atoms with Gasteiger partial charge < -0.3 is 10.2 Å². The molecule has 0 radical (unpaired) electrons. The first-order chi connectivity index (χ1) is 6.27. The van der Waals surface area contributed by atoms with Gasteiger partial charge in [-0.3, -0.25) is 0 Å². The first kappa shape index (κ1) is 8.49. The lowest BCUT2D eigenvalue weighted by Gasteiger charge is -1.99. The van der Waals surface area contributed by atoms with E-state index in [9.17, 15) is 0 Å². The van der Waals surface area contributed by atoms with Crippen LogP contribution in [0.15, 0.2) is 29.0 Å². The Bertz CT molecular complexity index is 413. The number of hydrogen-bond donors (Lipinski definition) is 1. The Balaban J connectivity index is 2.57. The van der Waals surface area contributed by atoms with Gasteiger partial charge in [0.2, 0.25) is 5.95 Å². The first-order valence-corrected chi connectivity index (χ1v) is 4.67. The quantitative estimate of drug-likeness (QED) is 0.814. The summed E-state index contributed by atoms with van der Waals surface area (Å²) in [6.45, 7) is 0. The molecule has 0 saturated carbocycles. The van der Waals surface area contributed by atoms with Crippen LogP contribution in [-0.2, 0) is 0 Å². The van der Waals surface area contributed by atoms with Gasteiger partial charge in [-0.2, -0.15) is 0 Å². The fourth-order valence-corrected chi connectivity index (χ4v) is 1.49. The molecular formula is C8H6IN3O. The average molecular weight is 287 g/mol. The zero-order valence-electron chi connectivity index (χ0n) is 6.57. The van der Waals surface area contributed by atoms with E-state index in [1.54, 1.807) is 12.5 Å². The van der Waals surface area contributed by atoms with Crippen LogP contribution in [0.4, 0.5) is 5.95 Å². The van der Waals surface area contributed by atoms with Crippen LogP contribution in [-0.4, -0.2) is 9.97 Å². The zero-order chi connectivity index (χ0) is 9.26. The molecule has 0 atom stereocenters. The average Bonchev–Trinajstić information content (AvgIpc) is 2.61. The van der Waals surface area contributed by atoms with E-state index in [0.717, 1.165) is 9.26 Å². The van der Waals surface area contributed by atoms with E-state index >= 15 is 0 Å². The molecule has 0 aliphatic carbocycles. The molecule has 0 saturated heterocycles. The van der Waals surface area contributed by atoms with Crippen LogP contribution < -0.4 is 5.73 Å². The van der Waals surface area contributed by atoms with Crippen LogP contribution >= 0.6 is 22.6 Å². The molecule has 2 heterocycles. The number of nitrogen functional groups attached to an aromatic ring is 1. The highest BCUT2D eigenvalue weighted by Crippen LogP contribution is 2.22. The second-order valence-corrected chi connectivity index (χ2v) is 3.56. The van der Waals surface area contributed by atoms with E-state index < -0.39 is 0 Å². The minimum Gasteiger partial charge on any atom is -0.463 e. The molecule has 5 heteroatoms. The lowest BCUT2D eigenvalue weighted by atomic mass is 10.3. The monoisotopic (exact) mass is 287 g/mol. The number of nitrogens with zero attached hydrogens (tertiary/aromatic N) is 2. The lowest BCUT2D eigenvalue weighted by molar-refractivity contribution is 0.579. The van der Waals surface area contributed by atoms with Gasteiger partial charge in [0, 0.05) is 6.20 Å². The molecule has 0 unspecified atom stereocenters. The maximum Gasteiger partial charge on any atom is 0.220 e. The molecule has 2 rings (SSSR count). The van der Waals surface area contributed by atoms with E-state index in [4.69, 9.17) is 10.2 Å². The van der Waals surface area contributed by atoms with E-state index in [2.05, 4.69) is 32.6 Å². The normalized spacial score (nSPS) is 10.2. The zero-order valence-corrected chi connectivity index (χ0v) is 8.72. The van der Waals surface area contributed by atoms with Gasteiger partial charge in [0.1, 0.15) is 5.69 Å². The third kappa shape index (κ3) is 1.64. The van der Waals surface area contributed by atoms with Crippen LogP contribution in [0.1, 0.15) is 0 Å². The molecule has 4 nitrogen and oxygen atoms in total. The van der Waals surface area contributed by atoms with E-state index in [-0.39, 0.29) is 5.95 Å². The van der Waals surface area contributed by atoms with Crippen molar-refractivity contribution in [3.63, 3.8) is 0 Å². The highest BCUT2D eigenvalue weighted by Gasteiger charge is 2.07. The van der Waals surface area contributed by atoms with Gasteiger partial charge in [-0.05, 0) is 34.7 Å². The number of furan rings is 1. The summed E-state index contributed by atoms with van der Waals surface area (Å²) in [6, 6.07) is 3.65. The van der Waals surface area contributed by atoms with Crippen LogP contribution in [0.2, 0.25) is 0 Å². The molecule has 0 aliphatic heterocycles. The summed E-state index contributed by atoms with van der Waals surface area (Å²) in [5.41, 5.74) is 6.20. The molecule has 0 aromatic carbocycles. The Morgan fingerprint density at radius 2 is 2.31 bits per heavy atom. The molecule has 0 spiro atoms. The largest absolute Gasteiger partial charge is 0.463 e. The number of nitrogens with two attached hydrogens (primary N) is 1. The smallest absolute Gasteiger partial charge is 0.220 e. The fraction of sp³-hybridized carbons (Fsp3) is 0. The van der Waals surface area contributed by atoms with Crippen molar-refractivity contribution < 1.29 is 4.42 Å². The molecular weight excluding hydrogens is 281 g/mol. The summed E-state index contributed by atoms with van der Waals surface area (Å²) in [6.07, 6.45) is 3.27. The van der Waals surface area contributed by atoms with Gasteiger partial charge in [-0.25, -0.2) is 9.97 Å². The van der Waals surface area contributed by atoms with Crippen molar-refractivity contribution >= 4 is 28.5 Å². The molecule has 2 aromatic heterocycles. The number of rotatable bonds is 1. The van der Waals surface area contributed by atoms with Crippen molar-refractivity contribution in [2.75, 3.05) is 5.73 Å². The maximum absolute atomic E-state index is 5.47. The molecule has 2 N–H and O–H groups in total. The van der Waals surface area contributed by atoms with Crippen LogP contribution in [0, 0.1) is 3.57 Å². The Hall–Kier alpha value is -1.11. The fourth-order valence-electron chi connectivity index (χ4n) is 0.967. The molecule has 0 bridgehead atoms. The van der Waals surface area contributed by atoms with Crippen LogP contribution in [0.5, 0.6) is 0 Å². The topological polar surface area (TPSA) is 64.9 Å². The van der Waals surface area contributed by atoms with E-state index in [1.807, 2.05) is 12.1 Å². The van der Waals surface area contributed by atoms with Crippen molar-refractivity contribution in [2.45, 2.75) is 0 Å². The third-order valence-corrected chi connectivity index (χ3v) is 2.31. The van der Waals surface area contributed by atoms with Crippen molar-refractivity contribution in [1.29, 1.82) is 0 Å². The first-order valence-electron chi connectivity index (χ1n) is 3.59. The van der Waals surface area contributed by atoms with Gasteiger partial charge in [-0.15, -0.1) is 0 Å². The van der Waals surface area contributed by atoms with Crippen molar-refractivity contribution in [3.8, 4) is 11.5 Å². The number of hydrogen-bond acceptors (Lipinski definition) is 4. The SMILES string of the molecule is Nc1ncc(I)c(-c2ccco2)n1. The number of aromatic nitrogens is 2. The second kappa shape index (κ2) is 3.33. The minimum atomic E-state index is 0.256. The van der Waals surface area contributed by atoms with Crippen LogP contribution in [0.3, 0.4) is 0 Å². The van der Waals surface area contributed by atoms with Crippen molar-refractivity contribution in [1.82, 2.24) is 9.97 Å². The van der Waals surface area contributed by atoms with E-state index in [0.29, 0.717) is 5.76 Å². The van der Waals surface area contributed by atoms with Gasteiger partial charge in [0.05, 0.1) is 9.83 Å². The molecule has 0 fully saturated rings. The van der Waals surface area contributed by atoms with Crippen molar-refractivity contribution in [3.05, 3.63) is 28.2 Å². The van der Waals surface area contributed by atoms with Gasteiger partial charge in [0.25, 0.3) is 0 Å². The Morgan fingerprint density at radius 1 is 1.46 bits per heavy atom. The van der Waals surface area contributed by atoms with Gasteiger partial charge >= 0.3 is 0 Å². The molecule has 2 aromatic rings.